The molecule has 196 valence electrons. The Kier molecular flexibility index (Phi) is 6.82. The SMILES string of the molecule is CCC(=Cc1ccc(-c2ccc(OCc3ccccc3)c(C34CC5CC(CC(C5)C3)C4)c2)cc1Cl)C(=O)O. The number of aliphatic carboxylic acids is 1. The summed E-state index contributed by atoms with van der Waals surface area (Å²) in [6.07, 6.45) is 10.1. The molecule has 0 amide bonds. The highest BCUT2D eigenvalue weighted by molar-refractivity contribution is 6.32. The number of rotatable bonds is 8. The summed E-state index contributed by atoms with van der Waals surface area (Å²) in [7, 11) is 0. The van der Waals surface area contributed by atoms with Gasteiger partial charge in [-0.25, -0.2) is 4.79 Å². The van der Waals surface area contributed by atoms with E-state index in [0.717, 1.165) is 40.2 Å². The highest BCUT2D eigenvalue weighted by Gasteiger charge is 2.52. The molecule has 0 spiro atoms. The molecule has 3 aromatic rings. The lowest BCUT2D eigenvalue weighted by molar-refractivity contribution is -0.132. The van der Waals surface area contributed by atoms with Crippen molar-refractivity contribution < 1.29 is 14.6 Å². The Morgan fingerprint density at radius 1 is 0.947 bits per heavy atom. The van der Waals surface area contributed by atoms with Gasteiger partial charge in [0.2, 0.25) is 0 Å². The van der Waals surface area contributed by atoms with Crippen molar-refractivity contribution >= 4 is 23.6 Å². The van der Waals surface area contributed by atoms with E-state index in [9.17, 15) is 9.90 Å². The molecule has 1 N–H and O–H groups in total. The first kappa shape index (κ1) is 25.2. The molecular weight excluding hydrogens is 492 g/mol. The van der Waals surface area contributed by atoms with Crippen LogP contribution in [0.4, 0.5) is 0 Å². The van der Waals surface area contributed by atoms with Gasteiger partial charge in [0.1, 0.15) is 12.4 Å². The number of carboxylic acid groups (broad SMARTS) is 1. The predicted molar refractivity (Wildman–Crippen MR) is 153 cm³/mol. The van der Waals surface area contributed by atoms with Gasteiger partial charge in [-0.15, -0.1) is 0 Å². The molecular formula is C34H35ClO3. The molecule has 0 radical (unpaired) electrons. The summed E-state index contributed by atoms with van der Waals surface area (Å²) in [4.78, 5) is 11.5. The highest BCUT2D eigenvalue weighted by atomic mass is 35.5. The third-order valence-corrected chi connectivity index (χ3v) is 9.47. The maximum Gasteiger partial charge on any atom is 0.331 e. The topological polar surface area (TPSA) is 46.5 Å². The summed E-state index contributed by atoms with van der Waals surface area (Å²) in [6.45, 7) is 2.41. The van der Waals surface area contributed by atoms with E-state index in [0.29, 0.717) is 23.6 Å². The van der Waals surface area contributed by atoms with Crippen LogP contribution in [0.1, 0.15) is 68.6 Å². The summed E-state index contributed by atoms with van der Waals surface area (Å²) in [5, 5.41) is 9.99. The number of benzene rings is 3. The average molecular weight is 527 g/mol. The molecule has 0 aromatic heterocycles. The fraction of sp³-hybridized carbons (Fsp3) is 0.382. The Morgan fingerprint density at radius 2 is 1.58 bits per heavy atom. The largest absolute Gasteiger partial charge is 0.489 e. The lowest BCUT2D eigenvalue weighted by Crippen LogP contribution is -2.48. The summed E-state index contributed by atoms with van der Waals surface area (Å²) in [5.41, 5.74) is 6.00. The van der Waals surface area contributed by atoms with Gasteiger partial charge < -0.3 is 9.84 Å². The number of ether oxygens (including phenoxy) is 1. The molecule has 4 aliphatic rings. The lowest BCUT2D eigenvalue weighted by Gasteiger charge is -2.57. The van der Waals surface area contributed by atoms with E-state index < -0.39 is 5.97 Å². The van der Waals surface area contributed by atoms with Crippen LogP contribution in [0.2, 0.25) is 5.02 Å². The molecule has 3 aromatic carbocycles. The monoisotopic (exact) mass is 526 g/mol. The maximum atomic E-state index is 11.5. The predicted octanol–water partition coefficient (Wildman–Crippen LogP) is 8.93. The second-order valence-corrected chi connectivity index (χ2v) is 12.2. The molecule has 0 atom stereocenters. The van der Waals surface area contributed by atoms with Crippen molar-refractivity contribution in [3.05, 3.63) is 94.0 Å². The summed E-state index contributed by atoms with van der Waals surface area (Å²) < 4.78 is 6.54. The molecule has 4 bridgehead atoms. The summed E-state index contributed by atoms with van der Waals surface area (Å²) in [5.74, 6) is 2.64. The molecule has 4 saturated carbocycles. The van der Waals surface area contributed by atoms with Crippen LogP contribution in [0.3, 0.4) is 0 Å². The van der Waals surface area contributed by atoms with Gasteiger partial charge in [0.05, 0.1) is 0 Å². The molecule has 4 fully saturated rings. The van der Waals surface area contributed by atoms with Gasteiger partial charge in [0, 0.05) is 16.2 Å². The smallest absolute Gasteiger partial charge is 0.331 e. The molecule has 4 heteroatoms. The minimum absolute atomic E-state index is 0.195. The van der Waals surface area contributed by atoms with Crippen LogP contribution >= 0.6 is 11.6 Å². The molecule has 38 heavy (non-hydrogen) atoms. The molecule has 0 saturated heterocycles. The van der Waals surface area contributed by atoms with Crippen molar-refractivity contribution in [1.29, 1.82) is 0 Å². The quantitative estimate of drug-likeness (QED) is 0.298. The molecule has 4 aliphatic carbocycles. The van der Waals surface area contributed by atoms with E-state index in [1.807, 2.05) is 25.1 Å². The van der Waals surface area contributed by atoms with Crippen LogP contribution in [-0.4, -0.2) is 11.1 Å². The fourth-order valence-corrected chi connectivity index (χ4v) is 7.99. The average Bonchev–Trinajstić information content (AvgIpc) is 2.91. The Balaban J connectivity index is 1.37. The molecule has 0 aliphatic heterocycles. The standard InChI is InChI=1S/C34H35ClO3/c1-2-26(33(36)37)15-29-9-8-28(17-31(29)35)27-10-11-32(38-21-22-6-4-3-5-7-22)30(16-27)34-18-23-12-24(19-34)14-25(13-23)20-34/h3-11,15-17,23-25H,2,12-14,18-21H2,1H3,(H,36,37). The number of halogens is 1. The lowest BCUT2D eigenvalue weighted by atomic mass is 9.48. The van der Waals surface area contributed by atoms with Crippen LogP contribution < -0.4 is 4.74 Å². The Bertz CT molecular complexity index is 1340. The van der Waals surface area contributed by atoms with E-state index >= 15 is 0 Å². The van der Waals surface area contributed by atoms with Crippen LogP contribution in [0.5, 0.6) is 5.75 Å². The van der Waals surface area contributed by atoms with Crippen LogP contribution in [0.25, 0.3) is 17.2 Å². The normalized spacial score (nSPS) is 25.9. The number of carbonyl (C=O) groups is 1. The van der Waals surface area contributed by atoms with Gasteiger partial charge in [-0.2, -0.15) is 0 Å². The number of hydrogen-bond donors (Lipinski definition) is 1. The van der Waals surface area contributed by atoms with Crippen LogP contribution in [0, 0.1) is 17.8 Å². The van der Waals surface area contributed by atoms with Crippen molar-refractivity contribution in [2.75, 3.05) is 0 Å². The molecule has 0 heterocycles. The third kappa shape index (κ3) is 4.89. The van der Waals surface area contributed by atoms with Crippen molar-refractivity contribution in [3.8, 4) is 16.9 Å². The van der Waals surface area contributed by atoms with Gasteiger partial charge in [0.25, 0.3) is 0 Å². The van der Waals surface area contributed by atoms with E-state index in [4.69, 9.17) is 16.3 Å². The Morgan fingerprint density at radius 3 is 2.18 bits per heavy atom. The third-order valence-electron chi connectivity index (χ3n) is 9.15. The van der Waals surface area contributed by atoms with Crippen molar-refractivity contribution in [2.45, 2.75) is 63.9 Å². The van der Waals surface area contributed by atoms with Crippen molar-refractivity contribution in [1.82, 2.24) is 0 Å². The van der Waals surface area contributed by atoms with E-state index in [1.165, 1.54) is 49.7 Å². The van der Waals surface area contributed by atoms with Gasteiger partial charge in [-0.3, -0.25) is 0 Å². The van der Waals surface area contributed by atoms with E-state index in [1.54, 1.807) is 6.08 Å². The van der Waals surface area contributed by atoms with Crippen LogP contribution in [-0.2, 0) is 16.8 Å². The van der Waals surface area contributed by atoms with Gasteiger partial charge in [-0.05, 0) is 115 Å². The van der Waals surface area contributed by atoms with Crippen molar-refractivity contribution in [2.24, 2.45) is 17.8 Å². The zero-order chi connectivity index (χ0) is 26.3. The zero-order valence-electron chi connectivity index (χ0n) is 22.0. The molecule has 3 nitrogen and oxygen atoms in total. The minimum Gasteiger partial charge on any atom is -0.489 e. The second-order valence-electron chi connectivity index (χ2n) is 11.7. The first-order valence-electron chi connectivity index (χ1n) is 14.0. The van der Waals surface area contributed by atoms with Crippen molar-refractivity contribution in [3.63, 3.8) is 0 Å². The Hall–Kier alpha value is -3.04. The molecule has 0 unspecified atom stereocenters. The van der Waals surface area contributed by atoms with Gasteiger partial charge in [0.15, 0.2) is 0 Å². The molecule has 7 rings (SSSR count). The minimum atomic E-state index is -0.904. The summed E-state index contributed by atoms with van der Waals surface area (Å²) >= 11 is 6.67. The first-order valence-corrected chi connectivity index (χ1v) is 14.4. The van der Waals surface area contributed by atoms with Crippen LogP contribution in [0.15, 0.2) is 72.3 Å². The Labute approximate surface area is 230 Å². The van der Waals surface area contributed by atoms with Gasteiger partial charge >= 0.3 is 5.97 Å². The second kappa shape index (κ2) is 10.3. The fourth-order valence-electron chi connectivity index (χ4n) is 7.75. The zero-order valence-corrected chi connectivity index (χ0v) is 22.7. The van der Waals surface area contributed by atoms with E-state index in [-0.39, 0.29) is 5.41 Å². The number of carboxylic acids is 1. The van der Waals surface area contributed by atoms with Gasteiger partial charge in [-0.1, -0.05) is 67.1 Å². The first-order chi connectivity index (χ1) is 18.4. The number of hydrogen-bond acceptors (Lipinski definition) is 2. The van der Waals surface area contributed by atoms with E-state index in [2.05, 4.69) is 48.5 Å². The summed E-state index contributed by atoms with van der Waals surface area (Å²) in [6, 6.07) is 23.0. The maximum absolute atomic E-state index is 11.5. The highest BCUT2D eigenvalue weighted by Crippen LogP contribution is 2.62.